The van der Waals surface area contributed by atoms with E-state index in [1.807, 2.05) is 0 Å². The van der Waals surface area contributed by atoms with Gasteiger partial charge >= 0.3 is 0 Å². The Labute approximate surface area is 134 Å². The van der Waals surface area contributed by atoms with Crippen molar-refractivity contribution in [3.63, 3.8) is 0 Å². The second-order valence-corrected chi connectivity index (χ2v) is 7.54. The Kier molecular flexibility index (Phi) is 3.40. The maximum Gasteiger partial charge on any atom is 0.253 e. The van der Waals surface area contributed by atoms with E-state index in [1.165, 1.54) is 19.4 Å². The molecule has 5 atom stereocenters. The lowest BCUT2D eigenvalue weighted by molar-refractivity contribution is -0.0418. The van der Waals surface area contributed by atoms with Gasteiger partial charge in [0, 0.05) is 30.7 Å². The number of halogens is 2. The predicted molar refractivity (Wildman–Crippen MR) is 83.9 cm³/mol. The van der Waals surface area contributed by atoms with E-state index in [-0.39, 0.29) is 5.91 Å². The molecule has 5 heteroatoms. The molecule has 4 fully saturated rings. The van der Waals surface area contributed by atoms with Crippen LogP contribution >= 0.6 is 23.2 Å². The SMILES string of the molecule is O=C(NC1[C@@H]2CC3C[C@H]1CN(C3)C2)c1ccc(Cl)cc1Cl. The third-order valence-corrected chi connectivity index (χ3v) is 5.81. The van der Waals surface area contributed by atoms with E-state index in [9.17, 15) is 4.79 Å². The standard InChI is InChI=1S/C16H18Cl2N2O/c17-12-1-2-13(14(18)5-12)16(21)19-15-10-3-9-4-11(15)8-20(6-9)7-10/h1-2,5,9-11,15H,3-4,6-8H2,(H,19,21)/t9?,10-,11+,15?. The van der Waals surface area contributed by atoms with Gasteiger partial charge in [0.05, 0.1) is 10.6 Å². The summed E-state index contributed by atoms with van der Waals surface area (Å²) in [5.74, 6) is 1.98. The first-order chi connectivity index (χ1) is 10.1. The summed E-state index contributed by atoms with van der Waals surface area (Å²) >= 11 is 12.0. The number of hydrogen-bond donors (Lipinski definition) is 1. The number of amides is 1. The number of piperidine rings is 3. The maximum absolute atomic E-state index is 12.5. The highest BCUT2D eigenvalue weighted by atomic mass is 35.5. The molecule has 3 nitrogen and oxygen atoms in total. The van der Waals surface area contributed by atoms with Crippen LogP contribution in [0.2, 0.25) is 10.0 Å². The van der Waals surface area contributed by atoms with Gasteiger partial charge in [0.25, 0.3) is 5.91 Å². The number of carbonyl (C=O) groups is 1. The van der Waals surface area contributed by atoms with E-state index in [2.05, 4.69) is 10.2 Å². The minimum Gasteiger partial charge on any atom is -0.349 e. The Morgan fingerprint density at radius 1 is 1.14 bits per heavy atom. The zero-order valence-electron chi connectivity index (χ0n) is 11.7. The summed E-state index contributed by atoms with van der Waals surface area (Å²) in [6.45, 7) is 3.52. The Balaban J connectivity index is 1.52. The van der Waals surface area contributed by atoms with E-state index >= 15 is 0 Å². The summed E-state index contributed by atoms with van der Waals surface area (Å²) in [6.07, 6.45) is 2.51. The lowest BCUT2D eigenvalue weighted by Crippen LogP contribution is -2.64. The lowest BCUT2D eigenvalue weighted by Gasteiger charge is -2.55. The molecule has 112 valence electrons. The Bertz CT molecular complexity index is 562. The molecule has 0 radical (unpaired) electrons. The predicted octanol–water partition coefficient (Wildman–Crippen LogP) is 3.06. The highest BCUT2D eigenvalue weighted by Crippen LogP contribution is 2.43. The zero-order valence-corrected chi connectivity index (χ0v) is 13.2. The quantitative estimate of drug-likeness (QED) is 0.906. The number of benzene rings is 1. The fourth-order valence-corrected chi connectivity index (χ4v) is 5.04. The van der Waals surface area contributed by atoms with E-state index < -0.39 is 0 Å². The number of hydrogen-bond acceptors (Lipinski definition) is 2. The van der Waals surface area contributed by atoms with E-state index in [0.29, 0.717) is 33.5 Å². The first-order valence-electron chi connectivity index (χ1n) is 7.58. The van der Waals surface area contributed by atoms with Crippen LogP contribution in [-0.4, -0.2) is 36.5 Å². The van der Waals surface area contributed by atoms with Gasteiger partial charge < -0.3 is 10.2 Å². The van der Waals surface area contributed by atoms with Crippen LogP contribution < -0.4 is 5.32 Å². The fourth-order valence-electron chi connectivity index (χ4n) is 4.55. The van der Waals surface area contributed by atoms with Crippen LogP contribution in [0.25, 0.3) is 0 Å². The van der Waals surface area contributed by atoms with Gasteiger partial charge in [-0.1, -0.05) is 23.2 Å². The number of rotatable bonds is 2. The average molecular weight is 325 g/mol. The molecule has 1 saturated carbocycles. The van der Waals surface area contributed by atoms with Crippen molar-refractivity contribution in [1.82, 2.24) is 10.2 Å². The average Bonchev–Trinajstić information content (AvgIpc) is 2.41. The van der Waals surface area contributed by atoms with Crippen molar-refractivity contribution in [3.8, 4) is 0 Å². The van der Waals surface area contributed by atoms with Gasteiger partial charge in [-0.25, -0.2) is 0 Å². The van der Waals surface area contributed by atoms with Crippen molar-refractivity contribution < 1.29 is 4.79 Å². The topological polar surface area (TPSA) is 32.3 Å². The summed E-state index contributed by atoms with van der Waals surface area (Å²) in [4.78, 5) is 15.1. The van der Waals surface area contributed by atoms with Gasteiger partial charge in [-0.3, -0.25) is 4.79 Å². The van der Waals surface area contributed by atoms with Gasteiger partial charge in [0.15, 0.2) is 0 Å². The Morgan fingerprint density at radius 2 is 1.86 bits per heavy atom. The first kappa shape index (κ1) is 13.9. The molecule has 3 heterocycles. The van der Waals surface area contributed by atoms with Crippen molar-refractivity contribution >= 4 is 29.1 Å². The number of carbonyl (C=O) groups excluding carboxylic acids is 1. The van der Waals surface area contributed by atoms with E-state index in [0.717, 1.165) is 19.0 Å². The molecule has 0 spiro atoms. The largest absolute Gasteiger partial charge is 0.349 e. The van der Waals surface area contributed by atoms with Crippen LogP contribution in [0, 0.1) is 17.8 Å². The third kappa shape index (κ3) is 2.45. The molecular formula is C16H18Cl2N2O. The zero-order chi connectivity index (χ0) is 14.6. The Hall–Kier alpha value is -0.770. The molecule has 1 aliphatic carbocycles. The summed E-state index contributed by atoms with van der Waals surface area (Å²) < 4.78 is 0. The second kappa shape index (κ2) is 5.15. The highest BCUT2D eigenvalue weighted by molar-refractivity contribution is 6.36. The minimum absolute atomic E-state index is 0.0656. The molecule has 0 aromatic heterocycles. The molecule has 4 bridgehead atoms. The molecule has 4 aliphatic rings. The van der Waals surface area contributed by atoms with Crippen LogP contribution in [0.15, 0.2) is 18.2 Å². The van der Waals surface area contributed by atoms with Crippen LogP contribution in [-0.2, 0) is 0 Å². The summed E-state index contributed by atoms with van der Waals surface area (Å²) in [6, 6.07) is 5.35. The Morgan fingerprint density at radius 3 is 2.48 bits per heavy atom. The van der Waals surface area contributed by atoms with Crippen molar-refractivity contribution in [2.24, 2.45) is 17.8 Å². The highest BCUT2D eigenvalue weighted by Gasteiger charge is 2.47. The van der Waals surface area contributed by atoms with Gasteiger partial charge in [-0.15, -0.1) is 0 Å². The molecule has 1 amide bonds. The third-order valence-electron chi connectivity index (χ3n) is 5.26. The molecule has 3 aliphatic heterocycles. The van der Waals surface area contributed by atoms with Crippen LogP contribution in [0.3, 0.4) is 0 Å². The van der Waals surface area contributed by atoms with Crippen LogP contribution in [0.4, 0.5) is 0 Å². The first-order valence-corrected chi connectivity index (χ1v) is 8.34. The van der Waals surface area contributed by atoms with Gasteiger partial charge in [0.2, 0.25) is 0 Å². The maximum atomic E-state index is 12.5. The molecule has 1 N–H and O–H groups in total. The molecular weight excluding hydrogens is 307 g/mol. The number of nitrogens with one attached hydrogen (secondary N) is 1. The van der Waals surface area contributed by atoms with Crippen molar-refractivity contribution in [2.45, 2.75) is 18.9 Å². The monoisotopic (exact) mass is 324 g/mol. The van der Waals surface area contributed by atoms with Crippen LogP contribution in [0.1, 0.15) is 23.2 Å². The fraction of sp³-hybridized carbons (Fsp3) is 0.562. The number of nitrogens with zero attached hydrogens (tertiary/aromatic N) is 1. The van der Waals surface area contributed by atoms with Crippen molar-refractivity contribution in [2.75, 3.05) is 19.6 Å². The molecule has 21 heavy (non-hydrogen) atoms. The molecule has 1 aromatic carbocycles. The van der Waals surface area contributed by atoms with E-state index in [1.54, 1.807) is 18.2 Å². The van der Waals surface area contributed by atoms with Crippen LogP contribution in [0.5, 0.6) is 0 Å². The van der Waals surface area contributed by atoms with Gasteiger partial charge in [0.1, 0.15) is 0 Å². The normalized spacial score (nSPS) is 36.8. The summed E-state index contributed by atoms with van der Waals surface area (Å²) in [5.41, 5.74) is 0.523. The van der Waals surface area contributed by atoms with Gasteiger partial charge in [-0.2, -0.15) is 0 Å². The van der Waals surface area contributed by atoms with E-state index in [4.69, 9.17) is 23.2 Å². The van der Waals surface area contributed by atoms with Crippen molar-refractivity contribution in [3.05, 3.63) is 33.8 Å². The van der Waals surface area contributed by atoms with Crippen molar-refractivity contribution in [1.29, 1.82) is 0 Å². The molecule has 1 aromatic rings. The smallest absolute Gasteiger partial charge is 0.253 e. The minimum atomic E-state index is -0.0656. The van der Waals surface area contributed by atoms with Gasteiger partial charge in [-0.05, 0) is 48.8 Å². The molecule has 3 saturated heterocycles. The molecule has 3 unspecified atom stereocenters. The molecule has 5 rings (SSSR count). The summed E-state index contributed by atoms with van der Waals surface area (Å²) in [7, 11) is 0. The summed E-state index contributed by atoms with van der Waals surface area (Å²) in [5, 5.41) is 4.22. The second-order valence-electron chi connectivity index (χ2n) is 6.70. The lowest BCUT2D eigenvalue weighted by atomic mass is 9.65.